The first-order valence-electron chi connectivity index (χ1n) is 15.3. The third kappa shape index (κ3) is 3.49. The molecule has 0 unspecified atom stereocenters. The summed E-state index contributed by atoms with van der Waals surface area (Å²) in [6.45, 7) is 4.71. The van der Waals surface area contributed by atoms with Crippen molar-refractivity contribution < 1.29 is 0 Å². The van der Waals surface area contributed by atoms with Crippen molar-refractivity contribution in [3.05, 3.63) is 132 Å². The van der Waals surface area contributed by atoms with E-state index in [1.807, 2.05) is 22.7 Å². The largest absolute Gasteiger partial charge is 0.227 e. The van der Waals surface area contributed by atoms with Crippen LogP contribution in [-0.4, -0.2) is 9.97 Å². The molecule has 9 aromatic rings. The summed E-state index contributed by atoms with van der Waals surface area (Å²) in [7, 11) is 0. The van der Waals surface area contributed by atoms with Crippen LogP contribution in [0.25, 0.3) is 85.0 Å². The van der Waals surface area contributed by atoms with Gasteiger partial charge in [0.25, 0.3) is 0 Å². The van der Waals surface area contributed by atoms with E-state index < -0.39 is 0 Å². The van der Waals surface area contributed by atoms with Gasteiger partial charge in [-0.25, -0.2) is 9.97 Å². The number of thiophene rings is 2. The highest BCUT2D eigenvalue weighted by atomic mass is 32.1. The van der Waals surface area contributed by atoms with Crippen LogP contribution < -0.4 is 0 Å². The van der Waals surface area contributed by atoms with Crippen molar-refractivity contribution in [3.8, 4) is 33.8 Å². The third-order valence-corrected chi connectivity index (χ3v) is 12.1. The van der Waals surface area contributed by atoms with Gasteiger partial charge in [-0.3, -0.25) is 0 Å². The lowest BCUT2D eigenvalue weighted by molar-refractivity contribution is 0.661. The maximum atomic E-state index is 5.37. The number of rotatable bonds is 2. The molecule has 212 valence electrons. The average molecular weight is 611 g/mol. The summed E-state index contributed by atoms with van der Waals surface area (Å²) in [5.74, 6) is 0.767. The van der Waals surface area contributed by atoms with Gasteiger partial charge < -0.3 is 0 Å². The van der Waals surface area contributed by atoms with Crippen molar-refractivity contribution >= 4 is 73.9 Å². The molecule has 6 aromatic carbocycles. The number of aromatic nitrogens is 2. The molecule has 0 amide bonds. The first kappa shape index (κ1) is 25.4. The molecule has 0 spiro atoms. The highest BCUT2D eigenvalue weighted by Crippen LogP contribution is 2.54. The zero-order valence-electron chi connectivity index (χ0n) is 24.8. The Bertz CT molecular complexity index is 2680. The first-order valence-corrected chi connectivity index (χ1v) is 17.0. The molecule has 0 bridgehead atoms. The number of fused-ring (bicyclic) bond motifs is 12. The smallest absolute Gasteiger partial charge is 0.160 e. The minimum atomic E-state index is -0.0871. The Labute approximate surface area is 268 Å². The number of hydrogen-bond donors (Lipinski definition) is 0. The number of benzene rings is 6. The fraction of sp³-hybridized carbons (Fsp3) is 0.0732. The van der Waals surface area contributed by atoms with E-state index in [0.717, 1.165) is 33.5 Å². The predicted octanol–water partition coefficient (Wildman–Crippen LogP) is 12.0. The van der Waals surface area contributed by atoms with Gasteiger partial charge in [-0.1, -0.05) is 111 Å². The lowest BCUT2D eigenvalue weighted by Crippen LogP contribution is -2.14. The maximum Gasteiger partial charge on any atom is 0.160 e. The molecule has 0 radical (unpaired) electrons. The quantitative estimate of drug-likeness (QED) is 0.195. The number of hydrogen-bond acceptors (Lipinski definition) is 4. The molecule has 0 N–H and O–H groups in total. The predicted molar refractivity (Wildman–Crippen MR) is 194 cm³/mol. The molecule has 0 aliphatic heterocycles. The summed E-state index contributed by atoms with van der Waals surface area (Å²) in [4.78, 5) is 10.7. The van der Waals surface area contributed by atoms with Gasteiger partial charge in [0.15, 0.2) is 5.82 Å². The molecule has 45 heavy (non-hydrogen) atoms. The summed E-state index contributed by atoms with van der Waals surface area (Å²) >= 11 is 3.73. The van der Waals surface area contributed by atoms with Gasteiger partial charge in [0.05, 0.1) is 15.9 Å². The molecule has 1 aliphatic carbocycles. The molecule has 3 heterocycles. The standard InChI is InChI=1S/C41H26N2S2/c1-41(2)31-20-16-24(22-30(31)35-32(41)21-19-27-25-12-6-8-14-33(25)44-38(27)35)40-42-36(23-10-4-3-5-11-23)29-18-17-28-26-13-7-9-15-34(26)45-39(28)37(29)43-40/h3-22H,1-2H3. The molecule has 0 atom stereocenters. The lowest BCUT2D eigenvalue weighted by atomic mass is 9.82. The minimum absolute atomic E-state index is 0.0871. The summed E-state index contributed by atoms with van der Waals surface area (Å²) in [6, 6.07) is 44.0. The van der Waals surface area contributed by atoms with Crippen LogP contribution in [0.1, 0.15) is 25.0 Å². The highest BCUT2D eigenvalue weighted by molar-refractivity contribution is 7.27. The van der Waals surface area contributed by atoms with Crippen LogP contribution >= 0.6 is 22.7 Å². The fourth-order valence-corrected chi connectivity index (χ4v) is 9.94. The van der Waals surface area contributed by atoms with E-state index in [4.69, 9.17) is 9.97 Å². The van der Waals surface area contributed by atoms with Crippen molar-refractivity contribution in [2.75, 3.05) is 0 Å². The summed E-state index contributed by atoms with van der Waals surface area (Å²) in [6.07, 6.45) is 0. The fourth-order valence-electron chi connectivity index (χ4n) is 7.48. The second-order valence-corrected chi connectivity index (χ2v) is 14.7. The minimum Gasteiger partial charge on any atom is -0.227 e. The zero-order valence-corrected chi connectivity index (χ0v) is 26.4. The Hall–Kier alpha value is -4.90. The Morgan fingerprint density at radius 1 is 0.511 bits per heavy atom. The SMILES string of the molecule is CC1(C)c2ccc(-c3nc(-c4ccccc4)c4ccc5c6ccccc6sc5c4n3)cc2-c2c1ccc1c2sc2ccccc21. The van der Waals surface area contributed by atoms with E-state index in [-0.39, 0.29) is 5.41 Å². The van der Waals surface area contributed by atoms with Crippen LogP contribution in [-0.2, 0) is 5.41 Å². The molecule has 1 aliphatic rings. The van der Waals surface area contributed by atoms with Crippen LogP contribution in [0.5, 0.6) is 0 Å². The molecule has 2 nitrogen and oxygen atoms in total. The highest BCUT2D eigenvalue weighted by Gasteiger charge is 2.37. The lowest BCUT2D eigenvalue weighted by Gasteiger charge is -2.21. The van der Waals surface area contributed by atoms with Crippen LogP contribution in [0.4, 0.5) is 0 Å². The van der Waals surface area contributed by atoms with Gasteiger partial charge in [-0.15, -0.1) is 22.7 Å². The van der Waals surface area contributed by atoms with Gasteiger partial charge in [0.1, 0.15) is 0 Å². The van der Waals surface area contributed by atoms with Crippen molar-refractivity contribution in [2.24, 2.45) is 0 Å². The van der Waals surface area contributed by atoms with E-state index in [1.54, 1.807) is 0 Å². The maximum absolute atomic E-state index is 5.37. The molecule has 0 saturated carbocycles. The molecular weight excluding hydrogens is 585 g/mol. The molecule has 0 saturated heterocycles. The Balaban J connectivity index is 1.27. The van der Waals surface area contributed by atoms with Gasteiger partial charge in [-0.05, 0) is 41.0 Å². The van der Waals surface area contributed by atoms with Gasteiger partial charge in [0, 0.05) is 63.1 Å². The summed E-state index contributed by atoms with van der Waals surface area (Å²) in [5.41, 5.74) is 9.48. The van der Waals surface area contributed by atoms with E-state index in [9.17, 15) is 0 Å². The van der Waals surface area contributed by atoms with Crippen LogP contribution in [0, 0.1) is 0 Å². The monoisotopic (exact) mass is 610 g/mol. The van der Waals surface area contributed by atoms with E-state index in [0.29, 0.717) is 0 Å². The topological polar surface area (TPSA) is 25.8 Å². The van der Waals surface area contributed by atoms with Crippen LogP contribution in [0.2, 0.25) is 0 Å². The molecule has 4 heteroatoms. The van der Waals surface area contributed by atoms with E-state index in [1.165, 1.54) is 62.6 Å². The second kappa shape index (κ2) is 9.07. The molecule has 0 fully saturated rings. The zero-order chi connectivity index (χ0) is 29.9. The molecule has 10 rings (SSSR count). The molecule has 3 aromatic heterocycles. The van der Waals surface area contributed by atoms with Crippen LogP contribution in [0.15, 0.2) is 121 Å². The van der Waals surface area contributed by atoms with Crippen LogP contribution in [0.3, 0.4) is 0 Å². The Morgan fingerprint density at radius 3 is 1.91 bits per heavy atom. The van der Waals surface area contributed by atoms with Gasteiger partial charge >= 0.3 is 0 Å². The van der Waals surface area contributed by atoms with Gasteiger partial charge in [-0.2, -0.15) is 0 Å². The second-order valence-electron chi connectivity index (χ2n) is 12.5. The normalized spacial score (nSPS) is 13.7. The summed E-state index contributed by atoms with van der Waals surface area (Å²) < 4.78 is 5.20. The Kier molecular flexibility index (Phi) is 5.13. The van der Waals surface area contributed by atoms with Gasteiger partial charge in [0.2, 0.25) is 0 Å². The van der Waals surface area contributed by atoms with Crippen molar-refractivity contribution in [3.63, 3.8) is 0 Å². The average Bonchev–Trinajstić information content (AvgIpc) is 3.72. The van der Waals surface area contributed by atoms with Crippen molar-refractivity contribution in [2.45, 2.75) is 19.3 Å². The third-order valence-electron chi connectivity index (χ3n) is 9.70. The number of nitrogens with zero attached hydrogens (tertiary/aromatic N) is 2. The van der Waals surface area contributed by atoms with E-state index in [2.05, 4.69) is 135 Å². The Morgan fingerprint density at radius 2 is 1.13 bits per heavy atom. The summed E-state index contributed by atoms with van der Waals surface area (Å²) in [5, 5.41) is 6.29. The molecular formula is C41H26N2S2. The van der Waals surface area contributed by atoms with Crippen molar-refractivity contribution in [1.29, 1.82) is 0 Å². The van der Waals surface area contributed by atoms with Crippen molar-refractivity contribution in [1.82, 2.24) is 9.97 Å². The van der Waals surface area contributed by atoms with E-state index >= 15 is 0 Å². The first-order chi connectivity index (χ1) is 22.1.